The van der Waals surface area contributed by atoms with Crippen LogP contribution in [-0.2, 0) is 9.05 Å². The third-order valence-electron chi connectivity index (χ3n) is 1.36. The van der Waals surface area contributed by atoms with Crippen LogP contribution in [0.3, 0.4) is 0 Å². The summed E-state index contributed by atoms with van der Waals surface area (Å²) in [7, 11) is 0.730. The van der Waals surface area contributed by atoms with E-state index in [2.05, 4.69) is 9.72 Å². The normalized spacial score (nSPS) is 12.5. The maximum absolute atomic E-state index is 11.8. The average Bonchev–Trinajstić information content (AvgIpc) is 2.12. The van der Waals surface area contributed by atoms with Crippen LogP contribution in [0.15, 0.2) is 23.4 Å². The molecule has 9 heteroatoms. The summed E-state index contributed by atoms with van der Waals surface area (Å²) < 4.78 is 61.6. The van der Waals surface area contributed by atoms with Crippen LogP contribution in [0, 0.1) is 0 Å². The van der Waals surface area contributed by atoms with E-state index < -0.39 is 32.6 Å². The molecule has 0 aliphatic heterocycles. The minimum Gasteiger partial charge on any atom is -0.481 e. The lowest BCUT2D eigenvalue weighted by atomic mass is 10.4. The molecule has 0 aliphatic carbocycles. The molecule has 0 N–H and O–H groups in total. The molecule has 0 bridgehead atoms. The Labute approximate surface area is 93.4 Å². The minimum absolute atomic E-state index is 0.533. The molecular weight excluding hydrogens is 271 g/mol. The largest absolute Gasteiger partial charge is 0.481 e. The first-order chi connectivity index (χ1) is 7.20. The Hall–Kier alpha value is -1.02. The summed E-state index contributed by atoms with van der Waals surface area (Å²) in [4.78, 5) is 3.34. The van der Waals surface area contributed by atoms with Gasteiger partial charge < -0.3 is 4.74 Å². The molecule has 0 unspecified atom stereocenters. The summed E-state index contributed by atoms with van der Waals surface area (Å²) in [6.45, 7) is -1.61. The molecule has 90 valence electrons. The zero-order valence-electron chi connectivity index (χ0n) is 7.53. The second-order valence-electron chi connectivity index (χ2n) is 2.65. The summed E-state index contributed by atoms with van der Waals surface area (Å²) in [6, 6.07) is 2.27. The van der Waals surface area contributed by atoms with Gasteiger partial charge in [0.1, 0.15) is 0 Å². The third-order valence-corrected chi connectivity index (χ3v) is 2.57. The highest BCUT2D eigenvalue weighted by atomic mass is 35.7. The Balaban J connectivity index is 2.97. The standard InChI is InChI=1S/C7H5ClF3NO3S/c8-16(13,14)6-5(2-1-3-12-6)15-4-7(9,10)11/h1-3H,4H2. The fraction of sp³-hybridized carbons (Fsp3) is 0.286. The molecule has 1 aromatic rings. The summed E-state index contributed by atoms with van der Waals surface area (Å²) in [5.74, 6) is -0.533. The van der Waals surface area contributed by atoms with Gasteiger partial charge in [0.05, 0.1) is 0 Å². The van der Waals surface area contributed by atoms with Gasteiger partial charge in [0, 0.05) is 16.9 Å². The van der Waals surface area contributed by atoms with E-state index in [1.807, 2.05) is 0 Å². The number of hydrogen-bond donors (Lipinski definition) is 0. The third kappa shape index (κ3) is 3.86. The second-order valence-corrected chi connectivity index (χ2v) is 5.13. The Bertz CT molecular complexity index is 474. The molecule has 16 heavy (non-hydrogen) atoms. The number of ether oxygens (including phenoxy) is 1. The van der Waals surface area contributed by atoms with Crippen LogP contribution < -0.4 is 4.74 Å². The zero-order valence-corrected chi connectivity index (χ0v) is 9.10. The van der Waals surface area contributed by atoms with Crippen LogP contribution in [-0.4, -0.2) is 26.2 Å². The maximum Gasteiger partial charge on any atom is 0.422 e. The van der Waals surface area contributed by atoms with E-state index in [0.717, 1.165) is 12.3 Å². The topological polar surface area (TPSA) is 56.3 Å². The van der Waals surface area contributed by atoms with Crippen molar-refractivity contribution < 1.29 is 26.3 Å². The molecule has 0 radical (unpaired) electrons. The van der Waals surface area contributed by atoms with Gasteiger partial charge in [-0.15, -0.1) is 0 Å². The van der Waals surface area contributed by atoms with E-state index in [4.69, 9.17) is 10.7 Å². The number of aromatic nitrogens is 1. The van der Waals surface area contributed by atoms with Crippen molar-refractivity contribution in [2.24, 2.45) is 0 Å². The van der Waals surface area contributed by atoms with Crippen molar-refractivity contribution in [3.63, 3.8) is 0 Å². The number of nitrogens with zero attached hydrogens (tertiary/aromatic N) is 1. The van der Waals surface area contributed by atoms with Gasteiger partial charge in [-0.05, 0) is 12.1 Å². The molecule has 0 aromatic carbocycles. The average molecular weight is 276 g/mol. The number of pyridine rings is 1. The van der Waals surface area contributed by atoms with Gasteiger partial charge in [0.15, 0.2) is 12.4 Å². The predicted molar refractivity (Wildman–Crippen MR) is 48.8 cm³/mol. The minimum atomic E-state index is -4.57. The van der Waals surface area contributed by atoms with Gasteiger partial charge in [-0.2, -0.15) is 13.2 Å². The monoisotopic (exact) mass is 275 g/mol. The van der Waals surface area contributed by atoms with E-state index >= 15 is 0 Å². The van der Waals surface area contributed by atoms with Crippen molar-refractivity contribution in [3.8, 4) is 5.75 Å². The van der Waals surface area contributed by atoms with Crippen molar-refractivity contribution in [3.05, 3.63) is 18.3 Å². The van der Waals surface area contributed by atoms with Gasteiger partial charge in [0.25, 0.3) is 9.05 Å². The Morgan fingerprint density at radius 3 is 2.56 bits per heavy atom. The Morgan fingerprint density at radius 1 is 1.44 bits per heavy atom. The molecule has 0 amide bonds. The number of hydrogen-bond acceptors (Lipinski definition) is 4. The van der Waals surface area contributed by atoms with Crippen molar-refractivity contribution in [1.82, 2.24) is 4.98 Å². The summed E-state index contributed by atoms with van der Waals surface area (Å²) >= 11 is 0. The van der Waals surface area contributed by atoms with Gasteiger partial charge in [-0.25, -0.2) is 13.4 Å². The molecule has 0 atom stereocenters. The summed E-state index contributed by atoms with van der Waals surface area (Å²) in [5.41, 5.74) is 0. The smallest absolute Gasteiger partial charge is 0.422 e. The van der Waals surface area contributed by atoms with Crippen LogP contribution in [0.25, 0.3) is 0 Å². The summed E-state index contributed by atoms with van der Waals surface area (Å²) in [5, 5.41) is -0.735. The molecule has 1 heterocycles. The van der Waals surface area contributed by atoms with Gasteiger partial charge in [-0.3, -0.25) is 0 Å². The maximum atomic E-state index is 11.8. The van der Waals surface area contributed by atoms with E-state index in [-0.39, 0.29) is 0 Å². The van der Waals surface area contributed by atoms with Crippen molar-refractivity contribution >= 4 is 19.7 Å². The van der Waals surface area contributed by atoms with Crippen molar-refractivity contribution in [2.75, 3.05) is 6.61 Å². The Kier molecular flexibility index (Phi) is 3.64. The van der Waals surface area contributed by atoms with Crippen molar-refractivity contribution in [2.45, 2.75) is 11.2 Å². The van der Waals surface area contributed by atoms with E-state index in [1.165, 1.54) is 6.07 Å². The molecule has 1 rings (SSSR count). The van der Waals surface area contributed by atoms with E-state index in [9.17, 15) is 21.6 Å². The van der Waals surface area contributed by atoms with Crippen molar-refractivity contribution in [1.29, 1.82) is 0 Å². The van der Waals surface area contributed by atoms with Crippen LogP contribution in [0.2, 0.25) is 0 Å². The lowest BCUT2D eigenvalue weighted by Gasteiger charge is -2.10. The van der Waals surface area contributed by atoms with Crippen LogP contribution in [0.5, 0.6) is 5.75 Å². The van der Waals surface area contributed by atoms with Gasteiger partial charge in [0.2, 0.25) is 5.03 Å². The van der Waals surface area contributed by atoms with Crippen LogP contribution in [0.4, 0.5) is 13.2 Å². The molecule has 0 saturated carbocycles. The van der Waals surface area contributed by atoms with Gasteiger partial charge in [-0.1, -0.05) is 0 Å². The first-order valence-corrected chi connectivity index (χ1v) is 6.10. The molecule has 0 saturated heterocycles. The molecule has 1 aromatic heterocycles. The molecule has 0 fully saturated rings. The molecule has 0 aliphatic rings. The first kappa shape index (κ1) is 13.0. The Morgan fingerprint density at radius 2 is 2.06 bits per heavy atom. The van der Waals surface area contributed by atoms with E-state index in [0.29, 0.717) is 0 Å². The molecular formula is C7H5ClF3NO3S. The highest BCUT2D eigenvalue weighted by molar-refractivity contribution is 8.13. The number of halogens is 4. The van der Waals surface area contributed by atoms with Crippen LogP contribution >= 0.6 is 10.7 Å². The zero-order chi connectivity index (χ0) is 12.4. The van der Waals surface area contributed by atoms with Crippen LogP contribution in [0.1, 0.15) is 0 Å². The van der Waals surface area contributed by atoms with Gasteiger partial charge >= 0.3 is 6.18 Å². The first-order valence-electron chi connectivity index (χ1n) is 3.79. The SMILES string of the molecule is O=S(=O)(Cl)c1ncccc1OCC(F)(F)F. The lowest BCUT2D eigenvalue weighted by Crippen LogP contribution is -2.20. The number of alkyl halides is 3. The molecule has 0 spiro atoms. The number of rotatable bonds is 3. The predicted octanol–water partition coefficient (Wildman–Crippen LogP) is 1.95. The van der Waals surface area contributed by atoms with E-state index in [1.54, 1.807) is 0 Å². The fourth-order valence-electron chi connectivity index (χ4n) is 0.829. The summed E-state index contributed by atoms with van der Waals surface area (Å²) in [6.07, 6.45) is -3.49. The highest BCUT2D eigenvalue weighted by Crippen LogP contribution is 2.25. The quantitative estimate of drug-likeness (QED) is 0.791. The molecule has 4 nitrogen and oxygen atoms in total. The fourth-order valence-corrected chi connectivity index (χ4v) is 1.73. The second kappa shape index (κ2) is 4.46. The lowest BCUT2D eigenvalue weighted by molar-refractivity contribution is -0.153. The highest BCUT2D eigenvalue weighted by Gasteiger charge is 2.30.